The third-order valence-corrected chi connectivity index (χ3v) is 17.3. The first-order valence-corrected chi connectivity index (χ1v) is 25.5. The van der Waals surface area contributed by atoms with Crippen molar-refractivity contribution in [2.45, 2.75) is 260 Å². The van der Waals surface area contributed by atoms with E-state index >= 15 is 0 Å². The molecule has 0 spiro atoms. The lowest BCUT2D eigenvalue weighted by Crippen LogP contribution is -2.54. The van der Waals surface area contributed by atoms with E-state index in [1.54, 1.807) is 6.08 Å². The highest BCUT2D eigenvalue weighted by Crippen LogP contribution is 2.68. The summed E-state index contributed by atoms with van der Waals surface area (Å²) in [6.45, 7) is 17.6. The van der Waals surface area contributed by atoms with Crippen molar-refractivity contribution in [2.75, 3.05) is 0 Å². The molecule has 55 heavy (non-hydrogen) atoms. The molecule has 0 aromatic carbocycles. The van der Waals surface area contributed by atoms with Crippen LogP contribution in [0, 0.1) is 58.2 Å². The number of allylic oxidation sites excluding steroid dienone is 1. The molecule has 10 atom stereocenters. The minimum Gasteiger partial charge on any atom is -0.459 e. The van der Waals surface area contributed by atoms with E-state index in [2.05, 4.69) is 54.5 Å². The van der Waals surface area contributed by atoms with Crippen LogP contribution in [-0.4, -0.2) is 12.1 Å². The summed E-state index contributed by atoms with van der Waals surface area (Å²) < 4.78 is 6.13. The van der Waals surface area contributed by atoms with Crippen molar-refractivity contribution in [3.8, 4) is 0 Å². The van der Waals surface area contributed by atoms with Gasteiger partial charge in [-0.1, -0.05) is 183 Å². The third kappa shape index (κ3) is 14.2. The van der Waals surface area contributed by atoms with Crippen molar-refractivity contribution < 1.29 is 9.53 Å². The van der Waals surface area contributed by atoms with E-state index in [0.29, 0.717) is 10.8 Å². The molecule has 0 saturated heterocycles. The average molecular weight is 765 g/mol. The maximum absolute atomic E-state index is 12.9. The summed E-state index contributed by atoms with van der Waals surface area (Å²) in [5, 5.41) is 0. The summed E-state index contributed by atoms with van der Waals surface area (Å²) >= 11 is 0. The molecule has 2 nitrogen and oxygen atoms in total. The molecule has 0 aromatic rings. The van der Waals surface area contributed by atoms with Gasteiger partial charge in [0.05, 0.1) is 0 Å². The van der Waals surface area contributed by atoms with Gasteiger partial charge in [0.1, 0.15) is 6.10 Å². The van der Waals surface area contributed by atoms with Gasteiger partial charge in [0.15, 0.2) is 0 Å². The van der Waals surface area contributed by atoms with Crippen molar-refractivity contribution in [2.24, 2.45) is 58.2 Å². The van der Waals surface area contributed by atoms with E-state index in [0.717, 1.165) is 66.6 Å². The van der Waals surface area contributed by atoms with Crippen LogP contribution in [0.1, 0.15) is 254 Å². The van der Waals surface area contributed by atoms with Crippen LogP contribution in [0.5, 0.6) is 0 Å². The molecular weight excluding hydrogens is 669 g/mol. The Morgan fingerprint density at radius 1 is 0.636 bits per heavy atom. The number of carbonyl (C=O) groups is 1. The van der Waals surface area contributed by atoms with Crippen LogP contribution >= 0.6 is 0 Å². The predicted octanol–water partition coefficient (Wildman–Crippen LogP) is 17.0. The van der Waals surface area contributed by atoms with Gasteiger partial charge in [-0.3, -0.25) is 0 Å². The van der Waals surface area contributed by atoms with Gasteiger partial charge in [-0.15, -0.1) is 0 Å². The molecule has 0 amide bonds. The highest BCUT2D eigenvalue weighted by molar-refractivity contribution is 5.82. The number of hydrogen-bond donors (Lipinski definition) is 0. The van der Waals surface area contributed by atoms with Crippen molar-refractivity contribution in [3.63, 3.8) is 0 Å². The van der Waals surface area contributed by atoms with E-state index in [4.69, 9.17) is 4.74 Å². The Morgan fingerprint density at radius 2 is 1.18 bits per heavy atom. The number of unbranched alkanes of at least 4 members (excludes halogenated alkanes) is 19. The SMILES string of the molecule is CCCCCCCCCCCCCCCCCCCCCC=CC(=O)OC1CC[C@@]2(C)C(CC[C@H]3[C@@H]4CC[C@H]([C@H](C)CC[C@@H](CC)C(C)C)[C@@]4(C)CC[C@@H]32)C1. The fourth-order valence-corrected chi connectivity index (χ4v) is 13.7. The molecule has 4 aliphatic rings. The number of ether oxygens (including phenoxy) is 1. The minimum atomic E-state index is -0.0849. The fraction of sp³-hybridized carbons (Fsp3) is 0.943. The molecular formula is C53H96O2. The lowest BCUT2D eigenvalue weighted by Gasteiger charge is -2.61. The molecule has 0 N–H and O–H groups in total. The molecule has 4 rings (SSSR count). The minimum absolute atomic E-state index is 0.0849. The lowest BCUT2D eigenvalue weighted by molar-refractivity contribution is -0.158. The molecule has 0 aromatic heterocycles. The zero-order chi connectivity index (χ0) is 39.5. The van der Waals surface area contributed by atoms with Crippen LogP contribution in [0.4, 0.5) is 0 Å². The lowest BCUT2D eigenvalue weighted by atomic mass is 9.44. The molecule has 320 valence electrons. The Kier molecular flexibility index (Phi) is 21.3. The molecule has 0 heterocycles. The first kappa shape index (κ1) is 46.9. The van der Waals surface area contributed by atoms with E-state index in [1.807, 2.05) is 0 Å². The molecule has 0 bridgehead atoms. The number of fused-ring (bicyclic) bond motifs is 5. The topological polar surface area (TPSA) is 26.3 Å². The van der Waals surface area contributed by atoms with Crippen molar-refractivity contribution in [1.29, 1.82) is 0 Å². The highest BCUT2D eigenvalue weighted by atomic mass is 16.5. The summed E-state index contributed by atoms with van der Waals surface area (Å²) in [4.78, 5) is 12.9. The molecule has 4 saturated carbocycles. The number of rotatable bonds is 28. The van der Waals surface area contributed by atoms with Gasteiger partial charge < -0.3 is 4.74 Å². The molecule has 4 aliphatic carbocycles. The molecule has 0 radical (unpaired) electrons. The normalized spacial score (nSPS) is 31.6. The predicted molar refractivity (Wildman–Crippen MR) is 239 cm³/mol. The van der Waals surface area contributed by atoms with Crippen LogP contribution in [0.3, 0.4) is 0 Å². The van der Waals surface area contributed by atoms with Crippen LogP contribution < -0.4 is 0 Å². The Morgan fingerprint density at radius 3 is 1.75 bits per heavy atom. The first-order valence-electron chi connectivity index (χ1n) is 25.5. The Balaban J connectivity index is 1.03. The Bertz CT molecular complexity index is 1060. The van der Waals surface area contributed by atoms with Crippen LogP contribution in [0.25, 0.3) is 0 Å². The van der Waals surface area contributed by atoms with Crippen molar-refractivity contribution >= 4 is 5.97 Å². The van der Waals surface area contributed by atoms with Crippen molar-refractivity contribution in [3.05, 3.63) is 12.2 Å². The van der Waals surface area contributed by atoms with Gasteiger partial charge in [0.25, 0.3) is 0 Å². The summed E-state index contributed by atoms with van der Waals surface area (Å²) in [5.74, 6) is 6.94. The monoisotopic (exact) mass is 765 g/mol. The zero-order valence-corrected chi connectivity index (χ0v) is 38.3. The Hall–Kier alpha value is -0.790. The molecule has 2 unspecified atom stereocenters. The summed E-state index contributed by atoms with van der Waals surface area (Å²) in [6.07, 6.45) is 48.1. The molecule has 2 heteroatoms. The summed E-state index contributed by atoms with van der Waals surface area (Å²) in [5.41, 5.74) is 1.01. The van der Waals surface area contributed by atoms with E-state index in [-0.39, 0.29) is 12.1 Å². The number of carbonyl (C=O) groups excluding carboxylic acids is 1. The van der Waals surface area contributed by atoms with E-state index < -0.39 is 0 Å². The summed E-state index contributed by atoms with van der Waals surface area (Å²) in [6, 6.07) is 0. The second-order valence-corrected chi connectivity index (χ2v) is 21.2. The van der Waals surface area contributed by atoms with Crippen molar-refractivity contribution in [1.82, 2.24) is 0 Å². The van der Waals surface area contributed by atoms with E-state index in [1.165, 1.54) is 186 Å². The maximum Gasteiger partial charge on any atom is 0.330 e. The molecule has 4 fully saturated rings. The van der Waals surface area contributed by atoms with Gasteiger partial charge in [-0.25, -0.2) is 4.79 Å². The zero-order valence-electron chi connectivity index (χ0n) is 38.3. The Labute approximate surface area is 344 Å². The van der Waals surface area contributed by atoms with Gasteiger partial charge in [0.2, 0.25) is 0 Å². The fourth-order valence-electron chi connectivity index (χ4n) is 13.7. The van der Waals surface area contributed by atoms with Gasteiger partial charge in [-0.2, -0.15) is 0 Å². The van der Waals surface area contributed by atoms with Crippen LogP contribution in [-0.2, 0) is 9.53 Å². The average Bonchev–Trinajstić information content (AvgIpc) is 3.53. The van der Waals surface area contributed by atoms with Crippen LogP contribution in [0.2, 0.25) is 0 Å². The number of hydrogen-bond acceptors (Lipinski definition) is 2. The summed E-state index contributed by atoms with van der Waals surface area (Å²) in [7, 11) is 0. The number of esters is 1. The van der Waals surface area contributed by atoms with E-state index in [9.17, 15) is 4.79 Å². The first-order chi connectivity index (χ1) is 26.6. The second-order valence-electron chi connectivity index (χ2n) is 21.2. The maximum atomic E-state index is 12.9. The van der Waals surface area contributed by atoms with Gasteiger partial charge in [0, 0.05) is 6.08 Å². The standard InChI is InChI=1S/C53H96O2/c1-8-10-11-12-13-14-15-16-17-18-19-20-21-22-23-24-25-26-27-28-29-30-51(54)55-46-37-39-52(6)45(41-46)33-34-47-49-36-35-48(53(49,7)40-38-50(47)52)43(5)31-32-44(9-2)42(3)4/h29-30,42-50H,8-28,31-41H2,1-7H3/t43-,44-,45?,46?,47+,48-,49+,50+,52+,53-/m1/s1. The van der Waals surface area contributed by atoms with Crippen LogP contribution in [0.15, 0.2) is 12.2 Å². The quantitative estimate of drug-likeness (QED) is 0.0450. The highest BCUT2D eigenvalue weighted by Gasteiger charge is 2.60. The van der Waals surface area contributed by atoms with Gasteiger partial charge in [-0.05, 0) is 135 Å². The largest absolute Gasteiger partial charge is 0.459 e. The third-order valence-electron chi connectivity index (χ3n) is 17.3. The smallest absolute Gasteiger partial charge is 0.330 e. The molecule has 0 aliphatic heterocycles. The second kappa shape index (κ2) is 25.0. The van der Waals surface area contributed by atoms with Gasteiger partial charge >= 0.3 is 5.97 Å².